The second-order valence-corrected chi connectivity index (χ2v) is 20.1. The summed E-state index contributed by atoms with van der Waals surface area (Å²) in [6, 6.07) is 54.6. The van der Waals surface area contributed by atoms with Crippen molar-refractivity contribution in [3.05, 3.63) is 197 Å². The number of hydrogen-bond donors (Lipinski definition) is 0. The van der Waals surface area contributed by atoms with E-state index < -0.39 is 0 Å². The van der Waals surface area contributed by atoms with Crippen LogP contribution in [0.2, 0.25) is 0 Å². The lowest BCUT2D eigenvalue weighted by Gasteiger charge is -2.31. The van der Waals surface area contributed by atoms with Crippen LogP contribution in [0.5, 0.6) is 0 Å². The van der Waals surface area contributed by atoms with Gasteiger partial charge >= 0.3 is 0 Å². The van der Waals surface area contributed by atoms with Crippen LogP contribution in [0.25, 0.3) is 88.5 Å². The van der Waals surface area contributed by atoms with E-state index in [4.69, 9.17) is 18.8 Å². The first kappa shape index (κ1) is 37.6. The standard InChI is InChI=1S/C61H45N3O2/c1-59(2)43-31-34(25-27-37(43)50-45(59)33-41(46-21-13-15-29-62-46)57-52(50)39-18-8-11-22-47(39)65-57)64(49-24-14-16-30-63-49)35-26-28-38-44(32-35)61(5,6)56-54(38)58-53(40-19-9-12-23-48(40)66-58)51-36-17-7-10-20-42(36)60(3,4)55(51)56/h7-33H,1-6H3. The smallest absolute Gasteiger partial charge is 0.145 e. The molecule has 0 spiro atoms. The molecule has 5 nitrogen and oxygen atoms in total. The van der Waals surface area contributed by atoms with Gasteiger partial charge in [-0.3, -0.25) is 9.88 Å². The Morgan fingerprint density at radius 1 is 0.409 bits per heavy atom. The highest BCUT2D eigenvalue weighted by atomic mass is 16.3. The molecule has 66 heavy (non-hydrogen) atoms. The predicted octanol–water partition coefficient (Wildman–Crippen LogP) is 16.3. The highest BCUT2D eigenvalue weighted by Gasteiger charge is 2.49. The zero-order valence-electron chi connectivity index (χ0n) is 37.7. The fraction of sp³-hybridized carbons (Fsp3) is 0.148. The van der Waals surface area contributed by atoms with Gasteiger partial charge in [-0.15, -0.1) is 0 Å². The van der Waals surface area contributed by atoms with Crippen LogP contribution in [0.3, 0.4) is 0 Å². The second-order valence-electron chi connectivity index (χ2n) is 20.1. The summed E-state index contributed by atoms with van der Waals surface area (Å²) in [4.78, 5) is 12.2. The third-order valence-electron chi connectivity index (χ3n) is 15.5. The predicted molar refractivity (Wildman–Crippen MR) is 269 cm³/mol. The molecule has 0 bridgehead atoms. The van der Waals surface area contributed by atoms with Crippen LogP contribution in [0.4, 0.5) is 17.2 Å². The van der Waals surface area contributed by atoms with Gasteiger partial charge in [-0.05, 0) is 128 Å². The molecule has 0 aliphatic heterocycles. The minimum atomic E-state index is -0.349. The first-order valence-corrected chi connectivity index (χ1v) is 23.1. The molecule has 11 aromatic rings. The summed E-state index contributed by atoms with van der Waals surface area (Å²) >= 11 is 0. The average molecular weight is 852 g/mol. The number of rotatable bonds is 4. The molecule has 0 unspecified atom stereocenters. The molecule has 0 amide bonds. The van der Waals surface area contributed by atoms with Crippen molar-refractivity contribution in [2.75, 3.05) is 4.90 Å². The summed E-state index contributed by atoms with van der Waals surface area (Å²) in [5.41, 5.74) is 22.3. The van der Waals surface area contributed by atoms with E-state index in [2.05, 4.69) is 174 Å². The number of furan rings is 2. The van der Waals surface area contributed by atoms with Crippen molar-refractivity contribution in [3.8, 4) is 44.6 Å². The minimum Gasteiger partial charge on any atom is -0.455 e. The summed E-state index contributed by atoms with van der Waals surface area (Å²) in [5.74, 6) is 0.858. The Labute approximate surface area is 383 Å². The third-order valence-corrected chi connectivity index (χ3v) is 15.5. The largest absolute Gasteiger partial charge is 0.455 e. The minimum absolute atomic E-state index is 0.216. The first-order valence-electron chi connectivity index (χ1n) is 23.1. The molecule has 0 atom stereocenters. The Bertz CT molecular complexity index is 3910. The number of pyridine rings is 2. The quantitative estimate of drug-likeness (QED) is 0.177. The van der Waals surface area contributed by atoms with Crippen molar-refractivity contribution in [2.24, 2.45) is 0 Å². The van der Waals surface area contributed by atoms with E-state index in [1.165, 1.54) is 77.5 Å². The average Bonchev–Trinajstić information content (AvgIpc) is 4.09. The number of para-hydroxylation sites is 2. The van der Waals surface area contributed by atoms with E-state index in [-0.39, 0.29) is 16.2 Å². The molecule has 0 radical (unpaired) electrons. The van der Waals surface area contributed by atoms with Gasteiger partial charge in [-0.1, -0.05) is 126 Å². The van der Waals surface area contributed by atoms with E-state index in [9.17, 15) is 0 Å². The Balaban J connectivity index is 0.980. The lowest BCUT2D eigenvalue weighted by atomic mass is 9.72. The molecule has 4 aromatic heterocycles. The zero-order chi connectivity index (χ0) is 44.4. The van der Waals surface area contributed by atoms with Crippen molar-refractivity contribution < 1.29 is 8.83 Å². The zero-order valence-corrected chi connectivity index (χ0v) is 37.7. The Morgan fingerprint density at radius 3 is 1.64 bits per heavy atom. The van der Waals surface area contributed by atoms with Crippen LogP contribution in [-0.4, -0.2) is 9.97 Å². The fourth-order valence-corrected chi connectivity index (χ4v) is 12.5. The molecule has 7 aromatic carbocycles. The lowest BCUT2D eigenvalue weighted by molar-refractivity contribution is 0.600. The highest BCUT2D eigenvalue weighted by Crippen LogP contribution is 2.64. The van der Waals surface area contributed by atoms with Gasteiger partial charge < -0.3 is 8.83 Å². The SMILES string of the molecule is CC1(C)c2cc(N(c3ccc4c(c3)C(C)(C)c3c5c(c6c(oc7ccccc76)c3-4)-c3ccccc3C5(C)C)c3ccccn3)ccc2-c2c1cc(-c1ccccn1)c1oc3ccccc3c21. The normalized spacial score (nSPS) is 15.5. The van der Waals surface area contributed by atoms with Crippen LogP contribution in [-0.2, 0) is 16.2 Å². The number of hydrogen-bond acceptors (Lipinski definition) is 5. The van der Waals surface area contributed by atoms with Gasteiger partial charge in [0.2, 0.25) is 0 Å². The Hall–Kier alpha value is -7.76. The van der Waals surface area contributed by atoms with Crippen molar-refractivity contribution in [1.29, 1.82) is 0 Å². The Kier molecular flexibility index (Phi) is 7.25. The summed E-state index contributed by atoms with van der Waals surface area (Å²) in [5, 5.41) is 4.64. The Morgan fingerprint density at radius 2 is 0.955 bits per heavy atom. The number of nitrogens with zero attached hydrogens (tertiary/aromatic N) is 3. The molecular formula is C61H45N3O2. The highest BCUT2D eigenvalue weighted by molar-refractivity contribution is 6.21. The van der Waals surface area contributed by atoms with Gasteiger partial charge in [0.05, 0.1) is 5.69 Å². The number of aromatic nitrogens is 2. The van der Waals surface area contributed by atoms with E-state index in [0.717, 1.165) is 61.6 Å². The first-order chi connectivity index (χ1) is 32.0. The van der Waals surface area contributed by atoms with Crippen molar-refractivity contribution in [1.82, 2.24) is 9.97 Å². The van der Waals surface area contributed by atoms with Gasteiger partial charge in [-0.25, -0.2) is 4.98 Å². The van der Waals surface area contributed by atoms with Crippen LogP contribution in [0.1, 0.15) is 74.9 Å². The van der Waals surface area contributed by atoms with E-state index in [1.807, 2.05) is 36.7 Å². The summed E-state index contributed by atoms with van der Waals surface area (Å²) in [6.07, 6.45) is 3.75. The molecule has 4 heterocycles. The van der Waals surface area contributed by atoms with Gasteiger partial charge in [-0.2, -0.15) is 0 Å². The molecule has 14 rings (SSSR count). The van der Waals surface area contributed by atoms with Crippen molar-refractivity contribution in [2.45, 2.75) is 57.8 Å². The lowest BCUT2D eigenvalue weighted by Crippen LogP contribution is -2.24. The fourth-order valence-electron chi connectivity index (χ4n) is 12.5. The molecule has 3 aliphatic carbocycles. The van der Waals surface area contributed by atoms with Crippen LogP contribution in [0.15, 0.2) is 173 Å². The van der Waals surface area contributed by atoms with Crippen LogP contribution in [0, 0.1) is 0 Å². The summed E-state index contributed by atoms with van der Waals surface area (Å²) < 4.78 is 13.7. The number of benzene rings is 7. The maximum atomic E-state index is 7.01. The van der Waals surface area contributed by atoms with Crippen LogP contribution >= 0.6 is 0 Å². The molecule has 3 aliphatic rings. The molecule has 0 N–H and O–H groups in total. The van der Waals surface area contributed by atoms with Gasteiger partial charge in [0.15, 0.2) is 0 Å². The van der Waals surface area contributed by atoms with E-state index in [1.54, 1.807) is 0 Å². The molecule has 0 saturated heterocycles. The second kappa shape index (κ2) is 12.7. The summed E-state index contributed by atoms with van der Waals surface area (Å²) in [7, 11) is 0. The molecule has 0 saturated carbocycles. The van der Waals surface area contributed by atoms with E-state index in [0.29, 0.717) is 0 Å². The molecule has 5 heteroatoms. The summed E-state index contributed by atoms with van der Waals surface area (Å²) in [6.45, 7) is 14.4. The number of anilines is 3. The molecule has 316 valence electrons. The monoisotopic (exact) mass is 851 g/mol. The maximum absolute atomic E-state index is 7.01. The van der Waals surface area contributed by atoms with Crippen molar-refractivity contribution in [3.63, 3.8) is 0 Å². The van der Waals surface area contributed by atoms with Gasteiger partial charge in [0.25, 0.3) is 0 Å². The van der Waals surface area contributed by atoms with Crippen LogP contribution < -0.4 is 4.90 Å². The molecular weight excluding hydrogens is 807 g/mol. The third kappa shape index (κ3) is 4.69. The topological polar surface area (TPSA) is 55.3 Å². The van der Waals surface area contributed by atoms with Gasteiger partial charge in [0, 0.05) is 72.7 Å². The van der Waals surface area contributed by atoms with E-state index >= 15 is 0 Å². The molecule has 0 fully saturated rings. The number of fused-ring (bicyclic) bond motifs is 19. The van der Waals surface area contributed by atoms with Crippen molar-refractivity contribution >= 4 is 61.1 Å². The maximum Gasteiger partial charge on any atom is 0.145 e. The van der Waals surface area contributed by atoms with Gasteiger partial charge in [0.1, 0.15) is 28.1 Å².